The van der Waals surface area contributed by atoms with Crippen LogP contribution in [-0.2, 0) is 19.5 Å². The zero-order valence-electron chi connectivity index (χ0n) is 17.3. The number of Topliss-reactive ketones (excluding diaryl/α,β-unsaturated/α-hetero) is 1. The van der Waals surface area contributed by atoms with Crippen LogP contribution in [0.4, 0.5) is 0 Å². The smallest absolute Gasteiger partial charge is 0.274 e. The van der Waals surface area contributed by atoms with E-state index in [-0.39, 0.29) is 36.7 Å². The SMILES string of the molecule is O=C(CCc1ccco1)c1nnc(C(=O)NCc2ccco2)c(C(=O)NCc2ccco2)n1. The number of aryl methyl sites for hydroxylation is 1. The van der Waals surface area contributed by atoms with Crippen LogP contribution >= 0.6 is 0 Å². The number of nitrogens with zero attached hydrogens (tertiary/aromatic N) is 3. The van der Waals surface area contributed by atoms with Crippen molar-refractivity contribution in [3.05, 3.63) is 89.7 Å². The van der Waals surface area contributed by atoms with Gasteiger partial charge in [0.15, 0.2) is 11.4 Å². The first-order chi connectivity index (χ1) is 16.1. The normalized spacial score (nSPS) is 10.7. The van der Waals surface area contributed by atoms with Gasteiger partial charge in [0.2, 0.25) is 11.6 Å². The van der Waals surface area contributed by atoms with Crippen molar-refractivity contribution in [3.63, 3.8) is 0 Å². The van der Waals surface area contributed by atoms with Gasteiger partial charge in [-0.15, -0.1) is 10.2 Å². The van der Waals surface area contributed by atoms with Gasteiger partial charge in [0, 0.05) is 12.8 Å². The van der Waals surface area contributed by atoms with E-state index in [4.69, 9.17) is 13.3 Å². The van der Waals surface area contributed by atoms with E-state index in [0.29, 0.717) is 23.7 Å². The number of amides is 2. The third-order valence-corrected chi connectivity index (χ3v) is 4.55. The molecule has 0 aliphatic heterocycles. The third kappa shape index (κ3) is 5.58. The highest BCUT2D eigenvalue weighted by atomic mass is 16.3. The van der Waals surface area contributed by atoms with Gasteiger partial charge in [-0.3, -0.25) is 14.4 Å². The summed E-state index contributed by atoms with van der Waals surface area (Å²) in [6.45, 7) is 0.135. The Labute approximate surface area is 187 Å². The summed E-state index contributed by atoms with van der Waals surface area (Å²) in [4.78, 5) is 42.1. The molecule has 2 N–H and O–H groups in total. The predicted octanol–water partition coefficient (Wildman–Crippen LogP) is 2.33. The second-order valence-electron chi connectivity index (χ2n) is 6.86. The number of hydrogen-bond donors (Lipinski definition) is 2. The quantitative estimate of drug-likeness (QED) is 0.347. The number of rotatable bonds is 10. The molecule has 168 valence electrons. The van der Waals surface area contributed by atoms with E-state index in [1.807, 2.05) is 0 Å². The van der Waals surface area contributed by atoms with Crippen molar-refractivity contribution in [2.75, 3.05) is 0 Å². The van der Waals surface area contributed by atoms with E-state index < -0.39 is 17.6 Å². The lowest BCUT2D eigenvalue weighted by Gasteiger charge is -2.09. The van der Waals surface area contributed by atoms with E-state index >= 15 is 0 Å². The summed E-state index contributed by atoms with van der Waals surface area (Å²) < 4.78 is 15.6. The van der Waals surface area contributed by atoms with Gasteiger partial charge >= 0.3 is 0 Å². The Kier molecular flexibility index (Phi) is 6.69. The maximum Gasteiger partial charge on any atom is 0.274 e. The van der Waals surface area contributed by atoms with Crippen LogP contribution in [0.15, 0.2) is 68.4 Å². The van der Waals surface area contributed by atoms with E-state index in [9.17, 15) is 14.4 Å². The summed E-state index contributed by atoms with van der Waals surface area (Å²) in [5.74, 6) is -0.467. The van der Waals surface area contributed by atoms with Crippen molar-refractivity contribution in [1.82, 2.24) is 25.8 Å². The van der Waals surface area contributed by atoms with Gasteiger partial charge in [0.1, 0.15) is 17.3 Å². The lowest BCUT2D eigenvalue weighted by atomic mass is 10.1. The van der Waals surface area contributed by atoms with Crippen LogP contribution in [0.1, 0.15) is 55.3 Å². The molecule has 0 spiro atoms. The molecule has 0 aliphatic rings. The standard InChI is InChI=1S/C22H19N5O6/c28-17(8-7-14-4-1-9-31-14)20-25-18(21(29)23-12-15-5-2-10-32-15)19(26-27-20)22(30)24-13-16-6-3-11-33-16/h1-6,9-11H,7-8,12-13H2,(H,23,29)(H,24,30). The highest BCUT2D eigenvalue weighted by Crippen LogP contribution is 2.10. The molecule has 4 heterocycles. The number of nitrogens with one attached hydrogen (secondary N) is 2. The fraction of sp³-hybridized carbons (Fsp3) is 0.182. The molecule has 0 unspecified atom stereocenters. The molecule has 11 heteroatoms. The summed E-state index contributed by atoms with van der Waals surface area (Å²) >= 11 is 0. The van der Waals surface area contributed by atoms with Gasteiger partial charge in [0.05, 0.1) is 31.9 Å². The molecule has 0 radical (unpaired) electrons. The Balaban J connectivity index is 1.52. The molecular weight excluding hydrogens is 430 g/mol. The van der Waals surface area contributed by atoms with Gasteiger partial charge < -0.3 is 23.9 Å². The minimum atomic E-state index is -0.704. The molecule has 33 heavy (non-hydrogen) atoms. The minimum Gasteiger partial charge on any atom is -0.469 e. The Morgan fingerprint density at radius 3 is 1.82 bits per heavy atom. The number of aromatic nitrogens is 3. The van der Waals surface area contributed by atoms with Crippen LogP contribution in [0.3, 0.4) is 0 Å². The van der Waals surface area contributed by atoms with Crippen molar-refractivity contribution in [2.45, 2.75) is 25.9 Å². The summed E-state index contributed by atoms with van der Waals surface area (Å²) in [5.41, 5.74) is -0.643. The minimum absolute atomic E-state index is 0.0483. The first kappa shape index (κ1) is 21.7. The number of hydrogen-bond acceptors (Lipinski definition) is 9. The Morgan fingerprint density at radius 1 is 0.727 bits per heavy atom. The molecular formula is C22H19N5O6. The molecule has 4 aromatic heterocycles. The molecule has 11 nitrogen and oxygen atoms in total. The second kappa shape index (κ2) is 10.2. The maximum absolute atomic E-state index is 12.8. The van der Waals surface area contributed by atoms with Gasteiger partial charge in [0.25, 0.3) is 11.8 Å². The van der Waals surface area contributed by atoms with E-state index in [1.165, 1.54) is 18.8 Å². The zero-order valence-corrected chi connectivity index (χ0v) is 17.3. The highest BCUT2D eigenvalue weighted by molar-refractivity contribution is 6.05. The van der Waals surface area contributed by atoms with Crippen LogP contribution in [0.2, 0.25) is 0 Å². The Hall–Kier alpha value is -4.54. The van der Waals surface area contributed by atoms with Crippen molar-refractivity contribution < 1.29 is 27.6 Å². The maximum atomic E-state index is 12.8. The largest absolute Gasteiger partial charge is 0.469 e. The topological polar surface area (TPSA) is 153 Å². The van der Waals surface area contributed by atoms with E-state index in [0.717, 1.165) is 0 Å². The van der Waals surface area contributed by atoms with Gasteiger partial charge in [-0.25, -0.2) is 4.98 Å². The number of carbonyl (C=O) groups excluding carboxylic acids is 3. The fourth-order valence-electron chi connectivity index (χ4n) is 2.89. The van der Waals surface area contributed by atoms with Crippen LogP contribution in [0.25, 0.3) is 0 Å². The van der Waals surface area contributed by atoms with Crippen LogP contribution in [0.5, 0.6) is 0 Å². The van der Waals surface area contributed by atoms with Crippen molar-refractivity contribution >= 4 is 17.6 Å². The fourth-order valence-corrected chi connectivity index (χ4v) is 2.89. The van der Waals surface area contributed by atoms with Crippen molar-refractivity contribution in [1.29, 1.82) is 0 Å². The molecule has 0 aliphatic carbocycles. The molecule has 0 saturated heterocycles. The molecule has 2 amide bonds. The highest BCUT2D eigenvalue weighted by Gasteiger charge is 2.24. The first-order valence-corrected chi connectivity index (χ1v) is 10.0. The van der Waals surface area contributed by atoms with Crippen LogP contribution < -0.4 is 10.6 Å². The number of carbonyl (C=O) groups is 3. The summed E-state index contributed by atoms with van der Waals surface area (Å²) in [5, 5.41) is 12.8. The van der Waals surface area contributed by atoms with Crippen molar-refractivity contribution in [2.24, 2.45) is 0 Å². The molecule has 0 bridgehead atoms. The van der Waals surface area contributed by atoms with Gasteiger partial charge in [-0.2, -0.15) is 0 Å². The van der Waals surface area contributed by atoms with E-state index in [1.54, 1.807) is 36.4 Å². The monoisotopic (exact) mass is 449 g/mol. The van der Waals surface area contributed by atoms with Crippen LogP contribution in [-0.4, -0.2) is 32.8 Å². The third-order valence-electron chi connectivity index (χ3n) is 4.55. The van der Waals surface area contributed by atoms with Gasteiger partial charge in [-0.1, -0.05) is 0 Å². The average molecular weight is 449 g/mol. The van der Waals surface area contributed by atoms with E-state index in [2.05, 4.69) is 25.8 Å². The Morgan fingerprint density at radius 2 is 1.27 bits per heavy atom. The Bertz CT molecular complexity index is 1220. The van der Waals surface area contributed by atoms with Crippen LogP contribution in [0, 0.1) is 0 Å². The molecule has 0 aromatic carbocycles. The molecule has 4 aromatic rings. The molecule has 4 rings (SSSR count). The lowest BCUT2D eigenvalue weighted by molar-refractivity contribution is 0.0900. The predicted molar refractivity (Wildman–Crippen MR) is 111 cm³/mol. The van der Waals surface area contributed by atoms with Gasteiger partial charge in [-0.05, 0) is 36.4 Å². The van der Waals surface area contributed by atoms with Crippen molar-refractivity contribution in [3.8, 4) is 0 Å². The average Bonchev–Trinajstić information content (AvgIpc) is 3.63. The number of ketones is 1. The molecule has 0 fully saturated rings. The lowest BCUT2D eigenvalue weighted by Crippen LogP contribution is -2.32. The first-order valence-electron chi connectivity index (χ1n) is 10.0. The zero-order chi connectivity index (χ0) is 23.0. The number of furan rings is 3. The summed E-state index contributed by atoms with van der Waals surface area (Å²) in [7, 11) is 0. The second-order valence-corrected chi connectivity index (χ2v) is 6.86. The molecule has 0 atom stereocenters. The summed E-state index contributed by atoms with van der Waals surface area (Å²) in [6.07, 6.45) is 4.83. The summed E-state index contributed by atoms with van der Waals surface area (Å²) in [6, 6.07) is 10.2. The molecule has 0 saturated carbocycles.